The third kappa shape index (κ3) is 2.01. The van der Waals surface area contributed by atoms with E-state index in [0.717, 1.165) is 0 Å². The highest BCUT2D eigenvalue weighted by Crippen LogP contribution is 2.39. The van der Waals surface area contributed by atoms with E-state index >= 15 is 0 Å². The Hall–Kier alpha value is -1.76. The van der Waals surface area contributed by atoms with Crippen LogP contribution in [0.4, 0.5) is 13.2 Å². The van der Waals surface area contributed by atoms with E-state index in [9.17, 15) is 18.0 Å². The zero-order valence-electron chi connectivity index (χ0n) is 8.93. The van der Waals surface area contributed by atoms with Crippen molar-refractivity contribution >= 4 is 22.5 Å². The van der Waals surface area contributed by atoms with Crippen LogP contribution >= 0.6 is 11.6 Å². The van der Waals surface area contributed by atoms with Crippen molar-refractivity contribution < 1.29 is 17.9 Å². The van der Waals surface area contributed by atoms with Crippen molar-refractivity contribution in [2.24, 2.45) is 0 Å². The smallest absolute Gasteiger partial charge is 0.432 e. The Morgan fingerprint density at radius 3 is 2.61 bits per heavy atom. The topological polar surface area (TPSA) is 55.0 Å². The summed E-state index contributed by atoms with van der Waals surface area (Å²) in [7, 11) is 1.19. The molecule has 1 heterocycles. The molecule has 0 aliphatic carbocycles. The number of hydrogen-bond donors (Lipinski definition) is 1. The highest BCUT2D eigenvalue weighted by molar-refractivity contribution is 6.33. The van der Waals surface area contributed by atoms with E-state index in [0.29, 0.717) is 0 Å². The number of fused-ring (bicyclic) bond motifs is 1. The summed E-state index contributed by atoms with van der Waals surface area (Å²) in [5, 5.41) is -0.360. The number of alkyl halides is 3. The van der Waals surface area contributed by atoms with E-state index in [1.165, 1.54) is 19.2 Å². The average molecular weight is 279 g/mol. The van der Waals surface area contributed by atoms with Crippen molar-refractivity contribution in [3.8, 4) is 5.75 Å². The van der Waals surface area contributed by atoms with Crippen LogP contribution in [-0.2, 0) is 6.18 Å². The van der Waals surface area contributed by atoms with Gasteiger partial charge in [0.25, 0.3) is 0 Å². The molecule has 8 heteroatoms. The van der Waals surface area contributed by atoms with Crippen LogP contribution in [0.2, 0.25) is 5.02 Å². The number of nitrogens with zero attached hydrogens (tertiary/aromatic N) is 1. The predicted molar refractivity (Wildman–Crippen MR) is 58.9 cm³/mol. The summed E-state index contributed by atoms with van der Waals surface area (Å²) in [4.78, 5) is 16.2. The fourth-order valence-electron chi connectivity index (χ4n) is 1.60. The second kappa shape index (κ2) is 4.16. The molecule has 0 saturated carbocycles. The van der Waals surface area contributed by atoms with Crippen LogP contribution in [0.1, 0.15) is 5.69 Å². The molecule has 0 unspecified atom stereocenters. The van der Waals surface area contributed by atoms with Crippen molar-refractivity contribution in [1.82, 2.24) is 9.97 Å². The van der Waals surface area contributed by atoms with Gasteiger partial charge in [0.1, 0.15) is 11.4 Å². The fourth-order valence-corrected chi connectivity index (χ4v) is 1.84. The lowest BCUT2D eigenvalue weighted by atomic mass is 10.1. The summed E-state index contributed by atoms with van der Waals surface area (Å²) in [5.74, 6) is -0.176. The molecule has 0 spiro atoms. The first-order valence-electron chi connectivity index (χ1n) is 4.68. The molecule has 18 heavy (non-hydrogen) atoms. The van der Waals surface area contributed by atoms with Gasteiger partial charge in [-0.3, -0.25) is 0 Å². The predicted octanol–water partition coefficient (Wildman–Crippen LogP) is 2.60. The first-order valence-corrected chi connectivity index (χ1v) is 5.06. The van der Waals surface area contributed by atoms with Gasteiger partial charge in [0, 0.05) is 0 Å². The molecule has 4 nitrogen and oxygen atoms in total. The first-order chi connectivity index (χ1) is 8.34. The van der Waals surface area contributed by atoms with Crippen LogP contribution in [0.5, 0.6) is 5.75 Å². The van der Waals surface area contributed by atoms with Crippen LogP contribution < -0.4 is 10.4 Å². The van der Waals surface area contributed by atoms with Crippen LogP contribution in [-0.4, -0.2) is 17.1 Å². The number of aromatic nitrogens is 2. The van der Waals surface area contributed by atoms with Gasteiger partial charge in [-0.2, -0.15) is 18.2 Å². The van der Waals surface area contributed by atoms with E-state index in [1.54, 1.807) is 4.98 Å². The minimum absolute atomic E-state index is 0.00403. The molecule has 0 atom stereocenters. The number of rotatable bonds is 1. The molecule has 0 amide bonds. The quantitative estimate of drug-likeness (QED) is 0.872. The normalized spacial score (nSPS) is 11.8. The minimum atomic E-state index is -4.74. The number of benzene rings is 1. The SMILES string of the molecule is COc1c(Cl)ccc2nc(=O)[nH]c(C(F)(F)F)c12. The maximum Gasteiger partial charge on any atom is 0.432 e. The third-order valence-electron chi connectivity index (χ3n) is 2.28. The van der Waals surface area contributed by atoms with Crippen molar-refractivity contribution in [2.45, 2.75) is 6.18 Å². The van der Waals surface area contributed by atoms with Gasteiger partial charge >= 0.3 is 11.9 Å². The summed E-state index contributed by atoms with van der Waals surface area (Å²) in [6.45, 7) is 0. The molecule has 2 rings (SSSR count). The molecule has 1 aromatic heterocycles. The average Bonchev–Trinajstić information content (AvgIpc) is 2.27. The molecule has 0 bridgehead atoms. The zero-order valence-corrected chi connectivity index (χ0v) is 9.69. The highest BCUT2D eigenvalue weighted by atomic mass is 35.5. The summed E-state index contributed by atoms with van der Waals surface area (Å²) >= 11 is 5.75. The van der Waals surface area contributed by atoms with E-state index in [-0.39, 0.29) is 21.7 Å². The van der Waals surface area contributed by atoms with E-state index < -0.39 is 17.6 Å². The molecule has 0 saturated heterocycles. The maximum atomic E-state index is 12.8. The van der Waals surface area contributed by atoms with Crippen LogP contribution in [0, 0.1) is 0 Å². The molecule has 96 valence electrons. The van der Waals surface area contributed by atoms with Gasteiger partial charge in [-0.15, -0.1) is 0 Å². The number of H-pyrrole nitrogens is 1. The van der Waals surface area contributed by atoms with E-state index in [2.05, 4.69) is 4.98 Å². The van der Waals surface area contributed by atoms with Crippen LogP contribution in [0.15, 0.2) is 16.9 Å². The zero-order chi connectivity index (χ0) is 13.5. The third-order valence-corrected chi connectivity index (χ3v) is 2.58. The summed E-state index contributed by atoms with van der Waals surface area (Å²) in [5.41, 5.74) is -2.44. The second-order valence-electron chi connectivity index (χ2n) is 3.39. The van der Waals surface area contributed by atoms with Gasteiger partial charge in [0.15, 0.2) is 0 Å². The fraction of sp³-hybridized carbons (Fsp3) is 0.200. The number of nitrogens with one attached hydrogen (secondary N) is 1. The molecule has 0 aliphatic rings. The molecule has 0 aliphatic heterocycles. The summed E-state index contributed by atoms with van der Waals surface area (Å²) in [6, 6.07) is 2.54. The molecular weight excluding hydrogens is 273 g/mol. The monoisotopic (exact) mass is 278 g/mol. The van der Waals surface area contributed by atoms with E-state index in [1.807, 2.05) is 0 Å². The Kier molecular flexibility index (Phi) is 2.94. The van der Waals surface area contributed by atoms with Crippen molar-refractivity contribution in [2.75, 3.05) is 7.11 Å². The molecular formula is C10H6ClF3N2O2. The Bertz CT molecular complexity index is 666. The van der Waals surface area contributed by atoms with Crippen molar-refractivity contribution in [1.29, 1.82) is 0 Å². The Morgan fingerprint density at radius 1 is 1.39 bits per heavy atom. The molecule has 0 radical (unpaired) electrons. The first kappa shape index (κ1) is 12.7. The minimum Gasteiger partial charge on any atom is -0.494 e. The Labute approximate surface area is 103 Å². The van der Waals surface area contributed by atoms with Crippen molar-refractivity contribution in [3.63, 3.8) is 0 Å². The van der Waals surface area contributed by atoms with E-state index in [4.69, 9.17) is 16.3 Å². The van der Waals surface area contributed by atoms with Gasteiger partial charge < -0.3 is 9.72 Å². The highest BCUT2D eigenvalue weighted by Gasteiger charge is 2.36. The standard InChI is InChI=1S/C10H6ClF3N2O2/c1-18-7-4(11)2-3-5-6(7)8(10(12,13)14)16-9(17)15-5/h2-3H,1H3,(H,15,16,17). The number of aromatic amines is 1. The number of ether oxygens (including phenoxy) is 1. The summed E-state index contributed by atoms with van der Waals surface area (Å²) < 4.78 is 43.4. The maximum absolute atomic E-state index is 12.8. The van der Waals surface area contributed by atoms with Gasteiger partial charge in [0.05, 0.1) is 23.0 Å². The lowest BCUT2D eigenvalue weighted by Gasteiger charge is -2.13. The second-order valence-corrected chi connectivity index (χ2v) is 3.80. The molecule has 2 aromatic rings. The van der Waals surface area contributed by atoms with Gasteiger partial charge in [-0.25, -0.2) is 4.79 Å². The van der Waals surface area contributed by atoms with Gasteiger partial charge in [-0.1, -0.05) is 11.6 Å². The molecule has 1 aromatic carbocycles. The van der Waals surface area contributed by atoms with Crippen LogP contribution in [0.3, 0.4) is 0 Å². The largest absolute Gasteiger partial charge is 0.494 e. The molecule has 1 N–H and O–H groups in total. The lowest BCUT2D eigenvalue weighted by molar-refractivity contribution is -0.140. The van der Waals surface area contributed by atoms with Gasteiger partial charge in [0.2, 0.25) is 0 Å². The summed E-state index contributed by atoms with van der Waals surface area (Å²) in [6.07, 6.45) is -4.74. The lowest BCUT2D eigenvalue weighted by Crippen LogP contribution is -2.19. The number of halogens is 4. The van der Waals surface area contributed by atoms with Crippen LogP contribution in [0.25, 0.3) is 10.9 Å². The molecule has 0 fully saturated rings. The Balaban J connectivity index is 3.00. The number of methoxy groups -OCH3 is 1. The van der Waals surface area contributed by atoms with Gasteiger partial charge in [-0.05, 0) is 12.1 Å². The number of hydrogen-bond acceptors (Lipinski definition) is 3. The Morgan fingerprint density at radius 2 is 2.06 bits per heavy atom. The van der Waals surface area contributed by atoms with Crippen molar-refractivity contribution in [3.05, 3.63) is 33.3 Å².